The Morgan fingerprint density at radius 1 is 1.05 bits per heavy atom. The zero-order chi connectivity index (χ0) is 28.1. The lowest BCUT2D eigenvalue weighted by Crippen LogP contribution is -2.35. The summed E-state index contributed by atoms with van der Waals surface area (Å²) in [6.45, 7) is 14.2. The number of allylic oxidation sites excluding steroid dienone is 2. The molecule has 0 fully saturated rings. The topological polar surface area (TPSA) is 73.9 Å². The highest BCUT2D eigenvalue weighted by molar-refractivity contribution is 7.99. The number of nitrogens with one attached hydrogen (secondary N) is 1. The number of alkyl carbamates (subject to hydrolysis) is 1. The SMILES string of the molecule is C=C(C)C(=O)OCCNC(=O)OC(COc1ccc(/C(C)=C(/C)C(C)CC)cc1)CSc1ccc(Cl)cc1. The lowest BCUT2D eigenvalue weighted by molar-refractivity contribution is -0.138. The van der Waals surface area contributed by atoms with Gasteiger partial charge in [0.05, 0.1) is 6.54 Å². The number of thioether (sulfide) groups is 1. The number of ether oxygens (including phenoxy) is 3. The van der Waals surface area contributed by atoms with E-state index in [0.717, 1.165) is 16.9 Å². The number of carbonyl (C=O) groups is 2. The molecule has 0 bridgehead atoms. The predicted octanol–water partition coefficient (Wildman–Crippen LogP) is 7.56. The van der Waals surface area contributed by atoms with E-state index in [9.17, 15) is 9.59 Å². The van der Waals surface area contributed by atoms with Crippen molar-refractivity contribution in [3.05, 3.63) is 76.8 Å². The molecule has 8 heteroatoms. The van der Waals surface area contributed by atoms with Gasteiger partial charge in [-0.15, -0.1) is 11.8 Å². The number of carbonyl (C=O) groups excluding carboxylic acids is 2. The van der Waals surface area contributed by atoms with Crippen molar-refractivity contribution in [3.8, 4) is 5.75 Å². The van der Waals surface area contributed by atoms with Gasteiger partial charge in [0.25, 0.3) is 0 Å². The number of hydrogen-bond donors (Lipinski definition) is 1. The van der Waals surface area contributed by atoms with Gasteiger partial charge in [0.2, 0.25) is 0 Å². The third-order valence-electron chi connectivity index (χ3n) is 6.14. The average Bonchev–Trinajstić information content (AvgIpc) is 2.92. The molecule has 6 nitrogen and oxygen atoms in total. The van der Waals surface area contributed by atoms with Crippen LogP contribution in [0.3, 0.4) is 0 Å². The molecule has 0 saturated heterocycles. The molecule has 0 aliphatic heterocycles. The lowest BCUT2D eigenvalue weighted by atomic mass is 9.92. The fourth-order valence-electron chi connectivity index (χ4n) is 3.34. The molecule has 0 aliphatic carbocycles. The molecular formula is C30H38ClNO5S. The van der Waals surface area contributed by atoms with Crippen molar-refractivity contribution in [1.29, 1.82) is 0 Å². The molecule has 0 spiro atoms. The summed E-state index contributed by atoms with van der Waals surface area (Å²) in [5, 5.41) is 3.26. The van der Waals surface area contributed by atoms with Crippen LogP contribution in [0.5, 0.6) is 5.75 Å². The normalized spacial score (nSPS) is 13.1. The smallest absolute Gasteiger partial charge is 0.407 e. The molecule has 0 radical (unpaired) electrons. The Balaban J connectivity index is 1.98. The van der Waals surface area contributed by atoms with Gasteiger partial charge in [0, 0.05) is 21.2 Å². The summed E-state index contributed by atoms with van der Waals surface area (Å²) >= 11 is 7.52. The molecular weight excluding hydrogens is 522 g/mol. The van der Waals surface area contributed by atoms with Crippen LogP contribution in [0.2, 0.25) is 5.02 Å². The molecule has 2 aromatic rings. The van der Waals surface area contributed by atoms with Crippen molar-refractivity contribution < 1.29 is 23.8 Å². The van der Waals surface area contributed by atoms with Crippen LogP contribution in [0.15, 0.2) is 71.2 Å². The number of amides is 1. The Hall–Kier alpha value is -2.90. The largest absolute Gasteiger partial charge is 0.490 e. The number of esters is 1. The second-order valence-electron chi connectivity index (χ2n) is 9.09. The first-order chi connectivity index (χ1) is 18.1. The number of benzene rings is 2. The molecule has 2 rings (SSSR count). The first-order valence-electron chi connectivity index (χ1n) is 12.7. The van der Waals surface area contributed by atoms with Crippen LogP contribution >= 0.6 is 23.4 Å². The molecule has 206 valence electrons. The van der Waals surface area contributed by atoms with Gasteiger partial charge in [0.15, 0.2) is 0 Å². The molecule has 2 aromatic carbocycles. The van der Waals surface area contributed by atoms with Crippen LogP contribution in [0, 0.1) is 5.92 Å². The van der Waals surface area contributed by atoms with Crippen LogP contribution < -0.4 is 10.1 Å². The third-order valence-corrected chi connectivity index (χ3v) is 7.54. The molecule has 0 heterocycles. The van der Waals surface area contributed by atoms with E-state index in [1.54, 1.807) is 6.92 Å². The zero-order valence-electron chi connectivity index (χ0n) is 22.8. The van der Waals surface area contributed by atoms with E-state index in [4.69, 9.17) is 25.8 Å². The average molecular weight is 560 g/mol. The van der Waals surface area contributed by atoms with Crippen molar-refractivity contribution in [3.63, 3.8) is 0 Å². The Morgan fingerprint density at radius 2 is 1.71 bits per heavy atom. The van der Waals surface area contributed by atoms with Crippen molar-refractivity contribution in [2.75, 3.05) is 25.5 Å². The Morgan fingerprint density at radius 3 is 2.32 bits per heavy atom. The molecule has 2 atom stereocenters. The van der Waals surface area contributed by atoms with Gasteiger partial charge in [-0.1, -0.05) is 49.7 Å². The molecule has 38 heavy (non-hydrogen) atoms. The van der Waals surface area contributed by atoms with E-state index in [0.29, 0.717) is 28.0 Å². The second-order valence-corrected chi connectivity index (χ2v) is 10.6. The van der Waals surface area contributed by atoms with Gasteiger partial charge >= 0.3 is 12.1 Å². The number of rotatable bonds is 14. The van der Waals surface area contributed by atoms with Gasteiger partial charge in [0.1, 0.15) is 25.1 Å². The Labute approximate surface area is 235 Å². The van der Waals surface area contributed by atoms with E-state index in [2.05, 4.69) is 39.6 Å². The molecule has 0 aliphatic rings. The summed E-state index contributed by atoms with van der Waals surface area (Å²) in [6.07, 6.45) is -0.0339. The van der Waals surface area contributed by atoms with Crippen LogP contribution in [-0.2, 0) is 14.3 Å². The minimum absolute atomic E-state index is 0.0260. The van der Waals surface area contributed by atoms with E-state index in [-0.39, 0.29) is 19.8 Å². The molecule has 2 unspecified atom stereocenters. The van der Waals surface area contributed by atoms with Crippen molar-refractivity contribution >= 4 is 41.0 Å². The van der Waals surface area contributed by atoms with Crippen LogP contribution in [0.25, 0.3) is 5.57 Å². The van der Waals surface area contributed by atoms with Gasteiger partial charge in [-0.3, -0.25) is 0 Å². The molecule has 1 N–H and O–H groups in total. The van der Waals surface area contributed by atoms with Crippen LogP contribution in [0.4, 0.5) is 4.79 Å². The van der Waals surface area contributed by atoms with E-state index < -0.39 is 18.2 Å². The first kappa shape index (κ1) is 31.3. The van der Waals surface area contributed by atoms with Crippen molar-refractivity contribution in [1.82, 2.24) is 5.32 Å². The summed E-state index contributed by atoms with van der Waals surface area (Å²) in [6, 6.07) is 15.4. The highest BCUT2D eigenvalue weighted by Crippen LogP contribution is 2.27. The standard InChI is InChI=1S/C30H38ClNO5S/c1-7-21(4)22(5)23(6)24-8-12-26(13-9-24)36-18-27(19-38-28-14-10-25(31)11-15-28)37-30(34)32-16-17-35-29(33)20(2)3/h8-15,21,27H,2,7,16-19H2,1,3-6H3,(H,32,34)/b23-22-. The number of hydrogen-bond acceptors (Lipinski definition) is 6. The fourth-order valence-corrected chi connectivity index (χ4v) is 4.34. The quantitative estimate of drug-likeness (QED) is 0.111. The maximum Gasteiger partial charge on any atom is 0.407 e. The Kier molecular flexibility index (Phi) is 13.3. The maximum atomic E-state index is 12.4. The third kappa shape index (κ3) is 10.8. The minimum Gasteiger partial charge on any atom is -0.490 e. The first-order valence-corrected chi connectivity index (χ1v) is 14.0. The van der Waals surface area contributed by atoms with Gasteiger partial charge in [-0.2, -0.15) is 0 Å². The molecule has 1 amide bonds. The van der Waals surface area contributed by atoms with E-state index in [1.807, 2.05) is 48.5 Å². The minimum atomic E-state index is -0.613. The molecule has 0 saturated carbocycles. The summed E-state index contributed by atoms with van der Waals surface area (Å²) in [7, 11) is 0. The lowest BCUT2D eigenvalue weighted by Gasteiger charge is -2.19. The fraction of sp³-hybridized carbons (Fsp3) is 0.400. The number of halogens is 1. The van der Waals surface area contributed by atoms with Crippen molar-refractivity contribution in [2.45, 2.75) is 52.0 Å². The Bertz CT molecular complexity index is 1100. The van der Waals surface area contributed by atoms with E-state index in [1.165, 1.54) is 22.9 Å². The predicted molar refractivity (Wildman–Crippen MR) is 156 cm³/mol. The maximum absolute atomic E-state index is 12.4. The molecule has 0 aromatic heterocycles. The van der Waals surface area contributed by atoms with E-state index >= 15 is 0 Å². The van der Waals surface area contributed by atoms with Gasteiger partial charge < -0.3 is 19.5 Å². The van der Waals surface area contributed by atoms with Crippen molar-refractivity contribution in [2.24, 2.45) is 5.92 Å². The highest BCUT2D eigenvalue weighted by Gasteiger charge is 2.17. The second kappa shape index (κ2) is 16.1. The highest BCUT2D eigenvalue weighted by atomic mass is 35.5. The van der Waals surface area contributed by atoms with Gasteiger partial charge in [-0.05, 0) is 80.6 Å². The van der Waals surface area contributed by atoms with Crippen LogP contribution in [-0.4, -0.2) is 43.7 Å². The van der Waals surface area contributed by atoms with Gasteiger partial charge in [-0.25, -0.2) is 9.59 Å². The summed E-state index contributed by atoms with van der Waals surface area (Å²) < 4.78 is 16.6. The van der Waals surface area contributed by atoms with Crippen LogP contribution in [0.1, 0.15) is 46.6 Å². The summed E-state index contributed by atoms with van der Waals surface area (Å²) in [4.78, 5) is 24.8. The summed E-state index contributed by atoms with van der Waals surface area (Å²) in [5.74, 6) is 1.21. The summed E-state index contributed by atoms with van der Waals surface area (Å²) in [5.41, 5.74) is 4.12. The monoisotopic (exact) mass is 559 g/mol. The zero-order valence-corrected chi connectivity index (χ0v) is 24.4.